The van der Waals surface area contributed by atoms with E-state index in [1.54, 1.807) is 0 Å². The lowest BCUT2D eigenvalue weighted by atomic mass is 10.9. The second-order valence-corrected chi connectivity index (χ2v) is 1.46. The van der Waals surface area contributed by atoms with Gasteiger partial charge < -0.3 is 4.74 Å². The Kier molecular flexibility index (Phi) is 1.61. The number of carbonyl (C=O) groups is 1. The zero-order valence-electron chi connectivity index (χ0n) is 5.11. The number of nitrogens with zero attached hydrogens (tertiary/aromatic N) is 3. The topological polar surface area (TPSA) is 57.0 Å². The quantitative estimate of drug-likeness (QED) is 0.516. The zero-order chi connectivity index (χ0) is 7.56. The van der Waals surface area contributed by atoms with Crippen LogP contribution >= 0.6 is 0 Å². The molecule has 1 aromatic rings. The number of methoxy groups -OCH3 is 1. The Balaban J connectivity index is 2.85. The third-order valence-electron chi connectivity index (χ3n) is 0.827. The van der Waals surface area contributed by atoms with Crippen LogP contribution in [-0.2, 0) is 4.74 Å². The average molecular weight is 145 g/mol. The van der Waals surface area contributed by atoms with Gasteiger partial charge in [0.25, 0.3) is 5.95 Å². The first-order chi connectivity index (χ1) is 4.74. The maximum Gasteiger partial charge on any atom is 0.435 e. The molecule has 0 amide bonds. The minimum absolute atomic E-state index is 0.662. The summed E-state index contributed by atoms with van der Waals surface area (Å²) in [5.41, 5.74) is 0. The van der Waals surface area contributed by atoms with Crippen LogP contribution in [0.15, 0.2) is 6.20 Å². The normalized spacial score (nSPS) is 9.40. The molecule has 6 heteroatoms. The van der Waals surface area contributed by atoms with E-state index in [2.05, 4.69) is 15.0 Å². The Morgan fingerprint density at radius 1 is 1.90 bits per heavy atom. The standard InChI is InChI=1S/C4H4FN3O2/c1-10-4(9)8-2-3(5)6-7-8/h2H,1H3. The van der Waals surface area contributed by atoms with E-state index in [1.165, 1.54) is 7.11 Å². The maximum absolute atomic E-state index is 12.0. The lowest BCUT2D eigenvalue weighted by molar-refractivity contribution is 0.168. The van der Waals surface area contributed by atoms with Gasteiger partial charge in [0.1, 0.15) is 0 Å². The van der Waals surface area contributed by atoms with Crippen molar-refractivity contribution in [3.63, 3.8) is 0 Å². The smallest absolute Gasteiger partial charge is 0.435 e. The molecule has 0 aliphatic rings. The summed E-state index contributed by atoms with van der Waals surface area (Å²) in [4.78, 5) is 10.5. The van der Waals surface area contributed by atoms with Crippen molar-refractivity contribution in [2.75, 3.05) is 7.11 Å². The van der Waals surface area contributed by atoms with Crippen molar-refractivity contribution >= 4 is 6.09 Å². The predicted molar refractivity (Wildman–Crippen MR) is 27.8 cm³/mol. The zero-order valence-corrected chi connectivity index (χ0v) is 5.11. The third kappa shape index (κ3) is 1.09. The summed E-state index contributed by atoms with van der Waals surface area (Å²) in [6, 6.07) is 0. The van der Waals surface area contributed by atoms with Crippen LogP contribution in [0.3, 0.4) is 0 Å². The Morgan fingerprint density at radius 2 is 2.60 bits per heavy atom. The SMILES string of the molecule is COC(=O)n1cc(F)nn1. The van der Waals surface area contributed by atoms with Crippen molar-refractivity contribution in [1.82, 2.24) is 15.0 Å². The summed E-state index contributed by atoms with van der Waals surface area (Å²) in [6.45, 7) is 0. The van der Waals surface area contributed by atoms with Crippen LogP contribution in [0.5, 0.6) is 0 Å². The Bertz CT molecular complexity index is 246. The second kappa shape index (κ2) is 2.42. The van der Waals surface area contributed by atoms with Gasteiger partial charge in [-0.2, -0.15) is 4.39 Å². The van der Waals surface area contributed by atoms with Gasteiger partial charge in [-0.3, -0.25) is 0 Å². The van der Waals surface area contributed by atoms with Crippen molar-refractivity contribution in [2.24, 2.45) is 0 Å². The first-order valence-electron chi connectivity index (χ1n) is 2.40. The number of carbonyl (C=O) groups excluding carboxylic acids is 1. The second-order valence-electron chi connectivity index (χ2n) is 1.46. The van der Waals surface area contributed by atoms with Crippen molar-refractivity contribution in [1.29, 1.82) is 0 Å². The molecule has 0 spiro atoms. The monoisotopic (exact) mass is 145 g/mol. The van der Waals surface area contributed by atoms with Crippen molar-refractivity contribution in [3.05, 3.63) is 12.1 Å². The van der Waals surface area contributed by atoms with Crippen LogP contribution in [0, 0.1) is 5.95 Å². The van der Waals surface area contributed by atoms with E-state index in [0.717, 1.165) is 6.20 Å². The lowest BCUT2D eigenvalue weighted by Gasteiger charge is -1.92. The molecule has 0 aromatic carbocycles. The van der Waals surface area contributed by atoms with Crippen molar-refractivity contribution in [2.45, 2.75) is 0 Å². The largest absolute Gasteiger partial charge is 0.451 e. The van der Waals surface area contributed by atoms with Crippen LogP contribution in [0.1, 0.15) is 0 Å². The highest BCUT2D eigenvalue weighted by Gasteiger charge is 2.05. The first kappa shape index (κ1) is 6.66. The molecule has 0 bridgehead atoms. The van der Waals surface area contributed by atoms with Gasteiger partial charge in [-0.1, -0.05) is 10.3 Å². The molecule has 0 N–H and O–H groups in total. The van der Waals surface area contributed by atoms with E-state index in [-0.39, 0.29) is 0 Å². The van der Waals surface area contributed by atoms with Crippen LogP contribution in [0.25, 0.3) is 0 Å². The fourth-order valence-corrected chi connectivity index (χ4v) is 0.426. The van der Waals surface area contributed by atoms with E-state index in [1.807, 2.05) is 0 Å². The van der Waals surface area contributed by atoms with E-state index in [0.29, 0.717) is 4.68 Å². The summed E-state index contributed by atoms with van der Waals surface area (Å²) in [5.74, 6) is -0.814. The molecule has 1 aromatic heterocycles. The minimum atomic E-state index is -0.814. The fraction of sp³-hybridized carbons (Fsp3) is 0.250. The number of aromatic nitrogens is 3. The molecule has 0 unspecified atom stereocenters. The summed E-state index contributed by atoms with van der Waals surface area (Å²) >= 11 is 0. The molecule has 0 aliphatic heterocycles. The molecule has 0 radical (unpaired) electrons. The number of hydrogen-bond acceptors (Lipinski definition) is 4. The van der Waals surface area contributed by atoms with Gasteiger partial charge >= 0.3 is 6.09 Å². The van der Waals surface area contributed by atoms with Gasteiger partial charge in [0.2, 0.25) is 0 Å². The highest BCUT2D eigenvalue weighted by Crippen LogP contribution is 1.89. The Labute approximate surface area is 55.4 Å². The van der Waals surface area contributed by atoms with Crippen LogP contribution in [0.2, 0.25) is 0 Å². The van der Waals surface area contributed by atoms with Gasteiger partial charge in [-0.15, -0.1) is 4.68 Å². The van der Waals surface area contributed by atoms with E-state index in [4.69, 9.17) is 0 Å². The predicted octanol–water partition coefficient (Wildman–Crippen LogP) is 0.0317. The molecule has 54 valence electrons. The molecule has 0 saturated carbocycles. The summed E-state index contributed by atoms with van der Waals surface area (Å²) in [7, 11) is 1.17. The number of hydrogen-bond donors (Lipinski definition) is 0. The third-order valence-corrected chi connectivity index (χ3v) is 0.827. The Hall–Kier alpha value is -1.46. The van der Waals surface area contributed by atoms with E-state index >= 15 is 0 Å². The van der Waals surface area contributed by atoms with Crippen LogP contribution < -0.4 is 0 Å². The van der Waals surface area contributed by atoms with Crippen LogP contribution in [-0.4, -0.2) is 28.2 Å². The van der Waals surface area contributed by atoms with Gasteiger partial charge in [-0.25, -0.2) is 4.79 Å². The highest BCUT2D eigenvalue weighted by molar-refractivity contribution is 5.68. The molecule has 0 atom stereocenters. The van der Waals surface area contributed by atoms with Gasteiger partial charge in [-0.05, 0) is 0 Å². The lowest BCUT2D eigenvalue weighted by Crippen LogP contribution is -2.11. The molecule has 1 heterocycles. The molecule has 10 heavy (non-hydrogen) atoms. The number of rotatable bonds is 0. The number of halogens is 1. The fourth-order valence-electron chi connectivity index (χ4n) is 0.426. The minimum Gasteiger partial charge on any atom is -0.451 e. The molecule has 1 rings (SSSR count). The van der Waals surface area contributed by atoms with Crippen molar-refractivity contribution < 1.29 is 13.9 Å². The van der Waals surface area contributed by atoms with Crippen molar-refractivity contribution in [3.8, 4) is 0 Å². The van der Waals surface area contributed by atoms with Gasteiger partial charge in [0.15, 0.2) is 0 Å². The molecule has 0 saturated heterocycles. The first-order valence-corrected chi connectivity index (χ1v) is 2.40. The van der Waals surface area contributed by atoms with Gasteiger partial charge in [0, 0.05) is 0 Å². The summed E-state index contributed by atoms with van der Waals surface area (Å²) in [6.07, 6.45) is 0.0580. The summed E-state index contributed by atoms with van der Waals surface area (Å²) < 4.78 is 16.9. The van der Waals surface area contributed by atoms with Gasteiger partial charge in [0.05, 0.1) is 13.3 Å². The molecular formula is C4H4FN3O2. The molecule has 5 nitrogen and oxygen atoms in total. The molecule has 0 fully saturated rings. The van der Waals surface area contributed by atoms with E-state index < -0.39 is 12.0 Å². The van der Waals surface area contributed by atoms with E-state index in [9.17, 15) is 9.18 Å². The summed E-state index contributed by atoms with van der Waals surface area (Å²) in [5, 5.41) is 6.03. The highest BCUT2D eigenvalue weighted by atomic mass is 19.1. The maximum atomic E-state index is 12.0. The molecular weight excluding hydrogens is 141 g/mol. The Morgan fingerprint density at radius 3 is 3.00 bits per heavy atom. The number of ether oxygens (including phenoxy) is 1. The molecule has 0 aliphatic carbocycles. The average Bonchev–Trinajstić information content (AvgIpc) is 2.34. The van der Waals surface area contributed by atoms with Crippen LogP contribution in [0.4, 0.5) is 9.18 Å².